The summed E-state index contributed by atoms with van der Waals surface area (Å²) in [4.78, 5) is 38.7. The van der Waals surface area contributed by atoms with Crippen molar-refractivity contribution in [2.24, 2.45) is 0 Å². The molecule has 28 heavy (non-hydrogen) atoms. The minimum Gasteiger partial charge on any atom is -0.494 e. The van der Waals surface area contributed by atoms with Crippen LogP contribution < -0.4 is 4.74 Å². The van der Waals surface area contributed by atoms with Gasteiger partial charge in [-0.15, -0.1) is 0 Å². The van der Waals surface area contributed by atoms with E-state index in [0.29, 0.717) is 6.61 Å². The van der Waals surface area contributed by atoms with E-state index in [1.807, 2.05) is 55.7 Å². The molecule has 0 spiro atoms. The molecule has 1 aliphatic rings. The highest BCUT2D eigenvalue weighted by molar-refractivity contribution is 6.30. The Morgan fingerprint density at radius 1 is 0.964 bits per heavy atom. The van der Waals surface area contributed by atoms with Crippen molar-refractivity contribution in [3.63, 3.8) is 0 Å². The molecule has 2 aromatic rings. The minimum atomic E-state index is -0.632. The van der Waals surface area contributed by atoms with Crippen molar-refractivity contribution in [3.8, 4) is 11.4 Å². The molecule has 1 aromatic carbocycles. The first-order valence-electron chi connectivity index (χ1n) is 9.00. The van der Waals surface area contributed by atoms with Crippen molar-refractivity contribution in [2.75, 3.05) is 20.7 Å². The van der Waals surface area contributed by atoms with Gasteiger partial charge in [0.2, 0.25) is 0 Å². The van der Waals surface area contributed by atoms with Crippen molar-refractivity contribution in [3.05, 3.63) is 52.9 Å². The Kier molecular flexibility index (Phi) is 5.09. The number of likely N-dealkylation sites (N-methyl/N-ethyl adjacent to an activating group) is 2. The molecule has 1 fully saturated rings. The maximum atomic E-state index is 12.4. The number of amides is 4. The number of rotatable bonds is 4. The molecule has 4 amide bonds. The van der Waals surface area contributed by atoms with Crippen LogP contribution in [0.15, 0.2) is 35.9 Å². The number of aryl methyl sites for hydroxylation is 1. The number of carbonyl (C=O) groups is 3. The third kappa shape index (κ3) is 3.19. The number of urea groups is 1. The van der Waals surface area contributed by atoms with Crippen LogP contribution in [-0.2, 0) is 9.59 Å². The first-order valence-corrected chi connectivity index (χ1v) is 9.00. The van der Waals surface area contributed by atoms with Gasteiger partial charge in [0.15, 0.2) is 0 Å². The lowest BCUT2D eigenvalue weighted by molar-refractivity contribution is -0.134. The molecule has 1 aliphatic heterocycles. The van der Waals surface area contributed by atoms with Gasteiger partial charge in [-0.1, -0.05) is 0 Å². The van der Waals surface area contributed by atoms with Gasteiger partial charge in [0.05, 0.1) is 6.61 Å². The quantitative estimate of drug-likeness (QED) is 0.603. The summed E-state index contributed by atoms with van der Waals surface area (Å²) in [5, 5.41) is 0. The number of ether oxygens (including phenoxy) is 1. The smallest absolute Gasteiger partial charge is 0.333 e. The fourth-order valence-corrected chi connectivity index (χ4v) is 3.32. The summed E-state index contributed by atoms with van der Waals surface area (Å²) in [5.74, 6) is -0.400. The minimum absolute atomic E-state index is 0.0310. The number of barbiturate groups is 1. The standard InChI is InChI=1S/C21H23N3O4/c1-6-28-17-9-7-16(8-10-17)24-13(2)11-15(14(24)3)12-18-19(25)22(4)21(27)23(5)20(18)26/h7-12H,6H2,1-5H3. The lowest BCUT2D eigenvalue weighted by Crippen LogP contribution is -2.52. The SMILES string of the molecule is CCOc1ccc(-n2c(C)cc(C=C3C(=O)N(C)C(=O)N(C)C3=O)c2C)cc1. The zero-order chi connectivity index (χ0) is 20.6. The number of hydrogen-bond donors (Lipinski definition) is 0. The largest absolute Gasteiger partial charge is 0.494 e. The van der Waals surface area contributed by atoms with Crippen molar-refractivity contribution in [2.45, 2.75) is 20.8 Å². The molecule has 0 unspecified atom stereocenters. The van der Waals surface area contributed by atoms with Crippen LogP contribution >= 0.6 is 0 Å². The van der Waals surface area contributed by atoms with E-state index >= 15 is 0 Å². The summed E-state index contributed by atoms with van der Waals surface area (Å²) in [6, 6.07) is 9.00. The van der Waals surface area contributed by atoms with E-state index in [1.165, 1.54) is 14.1 Å². The monoisotopic (exact) mass is 381 g/mol. The average Bonchev–Trinajstić information content (AvgIpc) is 2.96. The second-order valence-corrected chi connectivity index (χ2v) is 6.66. The Bertz CT molecular complexity index is 960. The Hall–Kier alpha value is -3.35. The number of benzene rings is 1. The molecule has 1 saturated heterocycles. The van der Waals surface area contributed by atoms with Crippen LogP contribution in [0.1, 0.15) is 23.9 Å². The molecular weight excluding hydrogens is 358 g/mol. The van der Waals surface area contributed by atoms with E-state index in [2.05, 4.69) is 0 Å². The van der Waals surface area contributed by atoms with Crippen LogP contribution in [0.5, 0.6) is 5.75 Å². The number of carbonyl (C=O) groups excluding carboxylic acids is 3. The lowest BCUT2D eigenvalue weighted by atomic mass is 10.1. The first kappa shape index (κ1) is 19.4. The van der Waals surface area contributed by atoms with Gasteiger partial charge >= 0.3 is 6.03 Å². The van der Waals surface area contributed by atoms with Crippen LogP contribution in [-0.4, -0.2) is 52.9 Å². The Morgan fingerprint density at radius 3 is 2.07 bits per heavy atom. The summed E-state index contributed by atoms with van der Waals surface area (Å²) in [7, 11) is 2.73. The molecule has 3 rings (SSSR count). The van der Waals surface area contributed by atoms with Gasteiger partial charge in [-0.25, -0.2) is 4.79 Å². The van der Waals surface area contributed by atoms with Crippen LogP contribution in [0.25, 0.3) is 11.8 Å². The molecule has 0 saturated carbocycles. The zero-order valence-corrected chi connectivity index (χ0v) is 16.6. The van der Waals surface area contributed by atoms with Crippen molar-refractivity contribution in [1.29, 1.82) is 0 Å². The van der Waals surface area contributed by atoms with Gasteiger partial charge in [0, 0.05) is 31.2 Å². The average molecular weight is 381 g/mol. The van der Waals surface area contributed by atoms with Gasteiger partial charge in [0.1, 0.15) is 11.3 Å². The lowest BCUT2D eigenvalue weighted by Gasteiger charge is -2.28. The van der Waals surface area contributed by atoms with Gasteiger partial charge in [-0.05, 0) is 62.7 Å². The fourth-order valence-electron chi connectivity index (χ4n) is 3.32. The summed E-state index contributed by atoms with van der Waals surface area (Å²) >= 11 is 0. The van der Waals surface area contributed by atoms with Crippen LogP contribution in [0.2, 0.25) is 0 Å². The van der Waals surface area contributed by atoms with Crippen LogP contribution in [0.3, 0.4) is 0 Å². The summed E-state index contributed by atoms with van der Waals surface area (Å²) in [5.41, 5.74) is 3.52. The molecule has 0 bridgehead atoms. The molecule has 0 atom stereocenters. The zero-order valence-electron chi connectivity index (χ0n) is 16.6. The summed E-state index contributed by atoms with van der Waals surface area (Å²) in [6.45, 7) is 6.42. The molecule has 146 valence electrons. The predicted octanol–water partition coefficient (Wildman–Crippen LogP) is 2.93. The second-order valence-electron chi connectivity index (χ2n) is 6.66. The number of imide groups is 2. The molecule has 1 aromatic heterocycles. The fraction of sp³-hybridized carbons (Fsp3) is 0.286. The Labute approximate surface area is 163 Å². The predicted molar refractivity (Wildman–Crippen MR) is 105 cm³/mol. The van der Waals surface area contributed by atoms with E-state index in [4.69, 9.17) is 4.74 Å². The Balaban J connectivity index is 2.02. The van der Waals surface area contributed by atoms with Gasteiger partial charge in [-0.2, -0.15) is 0 Å². The van der Waals surface area contributed by atoms with E-state index in [9.17, 15) is 14.4 Å². The number of nitrogens with zero attached hydrogens (tertiary/aromatic N) is 3. The van der Waals surface area contributed by atoms with Crippen LogP contribution in [0, 0.1) is 13.8 Å². The number of aromatic nitrogens is 1. The highest BCUT2D eigenvalue weighted by atomic mass is 16.5. The highest BCUT2D eigenvalue weighted by Crippen LogP contribution is 2.26. The maximum Gasteiger partial charge on any atom is 0.333 e. The normalized spacial score (nSPS) is 14.8. The van der Waals surface area contributed by atoms with Crippen molar-refractivity contribution >= 4 is 23.9 Å². The third-order valence-corrected chi connectivity index (χ3v) is 4.82. The van der Waals surface area contributed by atoms with E-state index in [1.54, 1.807) is 6.08 Å². The molecule has 7 heteroatoms. The van der Waals surface area contributed by atoms with Gasteiger partial charge in [-0.3, -0.25) is 19.4 Å². The molecule has 0 N–H and O–H groups in total. The molecule has 7 nitrogen and oxygen atoms in total. The summed E-state index contributed by atoms with van der Waals surface area (Å²) < 4.78 is 7.52. The molecule has 0 aliphatic carbocycles. The highest BCUT2D eigenvalue weighted by Gasteiger charge is 2.37. The third-order valence-electron chi connectivity index (χ3n) is 4.82. The van der Waals surface area contributed by atoms with Gasteiger partial charge in [0.25, 0.3) is 11.8 Å². The second kappa shape index (κ2) is 7.34. The van der Waals surface area contributed by atoms with E-state index in [0.717, 1.165) is 38.2 Å². The van der Waals surface area contributed by atoms with E-state index < -0.39 is 17.8 Å². The Morgan fingerprint density at radius 2 is 1.54 bits per heavy atom. The number of hydrogen-bond acceptors (Lipinski definition) is 4. The van der Waals surface area contributed by atoms with Crippen molar-refractivity contribution < 1.29 is 19.1 Å². The van der Waals surface area contributed by atoms with Gasteiger partial charge < -0.3 is 9.30 Å². The first-order chi connectivity index (χ1) is 13.3. The van der Waals surface area contributed by atoms with E-state index in [-0.39, 0.29) is 5.57 Å². The van der Waals surface area contributed by atoms with Crippen molar-refractivity contribution in [1.82, 2.24) is 14.4 Å². The maximum absolute atomic E-state index is 12.4. The topological polar surface area (TPSA) is 71.8 Å². The summed E-state index contributed by atoms with van der Waals surface area (Å²) in [6.07, 6.45) is 1.55. The van der Waals surface area contributed by atoms with Crippen LogP contribution in [0.4, 0.5) is 4.79 Å². The molecule has 2 heterocycles. The molecule has 0 radical (unpaired) electrons. The molecular formula is C21H23N3O4.